The molecule has 0 saturated heterocycles. The third kappa shape index (κ3) is 2.99. The number of hydrogen-bond acceptors (Lipinski definition) is 4. The Balaban J connectivity index is 2.61. The summed E-state index contributed by atoms with van der Waals surface area (Å²) < 4.78 is 15.6. The molecule has 2 rings (SSSR count). The van der Waals surface area contributed by atoms with Crippen LogP contribution in [0.1, 0.15) is 11.1 Å². The average molecular weight is 285 g/mol. The van der Waals surface area contributed by atoms with E-state index in [0.717, 1.165) is 0 Å². The highest BCUT2D eigenvalue weighted by atomic mass is 16.5. The summed E-state index contributed by atoms with van der Waals surface area (Å²) in [6.45, 7) is 0. The Bertz CT molecular complexity index is 574. The molecule has 0 bridgehead atoms. The van der Waals surface area contributed by atoms with E-state index in [9.17, 15) is 4.79 Å². The summed E-state index contributed by atoms with van der Waals surface area (Å²) in [5, 5.41) is 0. The molecule has 0 spiro atoms. The minimum atomic E-state index is -0.441. The zero-order chi connectivity index (χ0) is 15.2. The lowest BCUT2D eigenvalue weighted by atomic mass is 9.90. The minimum Gasteiger partial charge on any atom is -0.496 e. The number of hydrogen-bond donors (Lipinski definition) is 0. The van der Waals surface area contributed by atoms with Gasteiger partial charge in [0.25, 0.3) is 0 Å². The number of para-hydroxylation sites is 2. The topological polar surface area (TPSA) is 44.8 Å². The minimum absolute atomic E-state index is 0.410. The van der Waals surface area contributed by atoms with Gasteiger partial charge in [0.1, 0.15) is 17.4 Å². The first-order chi connectivity index (χ1) is 10.2. The maximum absolute atomic E-state index is 12.3. The third-order valence-electron chi connectivity index (χ3n) is 3.14. The zero-order valence-electron chi connectivity index (χ0n) is 12.3. The van der Waals surface area contributed by atoms with Crippen molar-refractivity contribution in [2.45, 2.75) is 0 Å². The van der Waals surface area contributed by atoms with Gasteiger partial charge in [-0.25, -0.2) is 0 Å². The molecule has 2 aromatic rings. The molecule has 0 N–H and O–H groups in total. The van der Waals surface area contributed by atoms with Gasteiger partial charge in [-0.1, -0.05) is 36.4 Å². The molecule has 0 fully saturated rings. The zero-order valence-corrected chi connectivity index (χ0v) is 12.3. The van der Waals surface area contributed by atoms with Gasteiger partial charge in [0.05, 0.1) is 21.3 Å². The number of carbonyl (C=O) groups is 1. The van der Waals surface area contributed by atoms with Crippen LogP contribution in [0.3, 0.4) is 0 Å². The Morgan fingerprint density at radius 2 is 1.19 bits per heavy atom. The first-order valence-electron chi connectivity index (χ1n) is 6.45. The lowest BCUT2D eigenvalue weighted by molar-refractivity contribution is -0.137. The quantitative estimate of drug-likeness (QED) is 0.792. The number of methoxy groups -OCH3 is 3. The Morgan fingerprint density at radius 3 is 1.57 bits per heavy atom. The molecule has 0 unspecified atom stereocenters. The van der Waals surface area contributed by atoms with E-state index in [2.05, 4.69) is 0 Å². The number of ether oxygens (including phenoxy) is 3. The molecular weight excluding hydrogens is 268 g/mol. The number of benzene rings is 2. The van der Waals surface area contributed by atoms with E-state index in [1.54, 1.807) is 26.4 Å². The van der Waals surface area contributed by atoms with Crippen molar-refractivity contribution in [3.63, 3.8) is 0 Å². The average Bonchev–Trinajstić information content (AvgIpc) is 2.55. The molecule has 0 heterocycles. The van der Waals surface area contributed by atoms with Gasteiger partial charge in [-0.2, -0.15) is 0 Å². The maximum atomic E-state index is 12.3. The molecule has 0 aromatic heterocycles. The van der Waals surface area contributed by atoms with E-state index in [1.807, 2.05) is 36.4 Å². The van der Waals surface area contributed by atoms with Crippen LogP contribution in [-0.2, 0) is 9.53 Å². The van der Waals surface area contributed by atoms with Crippen LogP contribution in [0.2, 0.25) is 0 Å². The Labute approximate surface area is 124 Å². The van der Waals surface area contributed by atoms with Gasteiger partial charge in [-0.15, -0.1) is 0 Å². The largest absolute Gasteiger partial charge is 0.496 e. The highest BCUT2D eigenvalue weighted by molar-refractivity contribution is 5.96. The van der Waals surface area contributed by atoms with Crippen molar-refractivity contribution in [3.05, 3.63) is 65.6 Å². The molecule has 1 radical (unpaired) electrons. The summed E-state index contributed by atoms with van der Waals surface area (Å²) in [7, 11) is 4.49. The molecule has 2 aromatic carbocycles. The Hall–Kier alpha value is -2.49. The smallest absolute Gasteiger partial charge is 0.323 e. The molecule has 0 aliphatic carbocycles. The van der Waals surface area contributed by atoms with Crippen LogP contribution in [0.25, 0.3) is 0 Å². The fourth-order valence-electron chi connectivity index (χ4n) is 2.17. The van der Waals surface area contributed by atoms with Crippen molar-refractivity contribution in [2.75, 3.05) is 21.3 Å². The predicted molar refractivity (Wildman–Crippen MR) is 79.5 cm³/mol. The van der Waals surface area contributed by atoms with Crippen molar-refractivity contribution < 1.29 is 19.0 Å². The first kappa shape index (κ1) is 14.9. The number of rotatable bonds is 5. The molecule has 0 amide bonds. The van der Waals surface area contributed by atoms with Crippen LogP contribution >= 0.6 is 0 Å². The van der Waals surface area contributed by atoms with Crippen molar-refractivity contribution in [1.82, 2.24) is 0 Å². The van der Waals surface area contributed by atoms with Crippen LogP contribution in [0.15, 0.2) is 48.5 Å². The van der Waals surface area contributed by atoms with Gasteiger partial charge < -0.3 is 14.2 Å². The van der Waals surface area contributed by atoms with Gasteiger partial charge in [0, 0.05) is 11.1 Å². The van der Waals surface area contributed by atoms with Crippen LogP contribution < -0.4 is 9.47 Å². The molecule has 109 valence electrons. The van der Waals surface area contributed by atoms with Gasteiger partial charge in [0.2, 0.25) is 0 Å². The van der Waals surface area contributed by atoms with E-state index >= 15 is 0 Å². The summed E-state index contributed by atoms with van der Waals surface area (Å²) in [6.07, 6.45) is 0. The summed E-state index contributed by atoms with van der Waals surface area (Å²) in [4.78, 5) is 12.3. The fourth-order valence-corrected chi connectivity index (χ4v) is 2.17. The van der Waals surface area contributed by atoms with E-state index in [-0.39, 0.29) is 0 Å². The van der Waals surface area contributed by atoms with Crippen molar-refractivity contribution in [3.8, 4) is 11.5 Å². The van der Waals surface area contributed by atoms with Crippen LogP contribution in [0.4, 0.5) is 0 Å². The third-order valence-corrected chi connectivity index (χ3v) is 3.14. The molecule has 4 heteroatoms. The Morgan fingerprint density at radius 1 is 0.762 bits per heavy atom. The van der Waals surface area contributed by atoms with Gasteiger partial charge in [-0.05, 0) is 12.1 Å². The SMILES string of the molecule is COC(=O)[C](c1ccccc1OC)c1ccccc1OC. The van der Waals surface area contributed by atoms with Crippen molar-refractivity contribution >= 4 is 5.97 Å². The highest BCUT2D eigenvalue weighted by Gasteiger charge is 2.30. The van der Waals surface area contributed by atoms with Crippen molar-refractivity contribution in [1.29, 1.82) is 0 Å². The molecule has 0 atom stereocenters. The summed E-state index contributed by atoms with van der Waals surface area (Å²) in [5.74, 6) is 1.17. The van der Waals surface area contributed by atoms with Crippen molar-refractivity contribution in [2.24, 2.45) is 0 Å². The van der Waals surface area contributed by atoms with Crippen LogP contribution in [0, 0.1) is 5.92 Å². The fraction of sp³-hybridized carbons (Fsp3) is 0.176. The lowest BCUT2D eigenvalue weighted by Gasteiger charge is -2.19. The molecule has 4 nitrogen and oxygen atoms in total. The van der Waals surface area contributed by atoms with Gasteiger partial charge in [-0.3, -0.25) is 4.79 Å². The van der Waals surface area contributed by atoms with Crippen LogP contribution in [0.5, 0.6) is 11.5 Å². The second-order valence-electron chi connectivity index (χ2n) is 4.27. The van der Waals surface area contributed by atoms with Gasteiger partial charge >= 0.3 is 5.97 Å². The summed E-state index contributed by atoms with van der Waals surface area (Å²) in [6, 6.07) is 14.6. The second kappa shape index (κ2) is 6.79. The standard InChI is InChI=1S/C17H17O4/c1-19-14-10-6-4-8-12(14)16(17(18)21-3)13-9-5-7-11-15(13)20-2/h4-11H,1-3H3. The monoisotopic (exact) mass is 285 g/mol. The number of carbonyl (C=O) groups excluding carboxylic acids is 1. The molecule has 0 saturated carbocycles. The number of esters is 1. The highest BCUT2D eigenvalue weighted by Crippen LogP contribution is 2.36. The first-order valence-corrected chi connectivity index (χ1v) is 6.45. The van der Waals surface area contributed by atoms with E-state index in [0.29, 0.717) is 28.5 Å². The van der Waals surface area contributed by atoms with Gasteiger partial charge in [0.15, 0.2) is 0 Å². The second-order valence-corrected chi connectivity index (χ2v) is 4.27. The lowest BCUT2D eigenvalue weighted by Crippen LogP contribution is -2.18. The van der Waals surface area contributed by atoms with E-state index in [4.69, 9.17) is 14.2 Å². The molecule has 21 heavy (non-hydrogen) atoms. The van der Waals surface area contributed by atoms with E-state index < -0.39 is 5.97 Å². The van der Waals surface area contributed by atoms with Crippen LogP contribution in [-0.4, -0.2) is 27.3 Å². The summed E-state index contributed by atoms with van der Waals surface area (Å²) in [5.41, 5.74) is 1.33. The molecule has 0 aliphatic rings. The Kier molecular flexibility index (Phi) is 4.82. The normalized spacial score (nSPS) is 10.3. The predicted octanol–water partition coefficient (Wildman–Crippen LogP) is 2.85. The molecule has 0 aliphatic heterocycles. The molecular formula is C17H17O4. The maximum Gasteiger partial charge on any atom is 0.323 e. The summed E-state index contributed by atoms with van der Waals surface area (Å²) >= 11 is 0. The van der Waals surface area contributed by atoms with E-state index in [1.165, 1.54) is 7.11 Å².